The van der Waals surface area contributed by atoms with Crippen molar-refractivity contribution < 1.29 is 13.9 Å². The Bertz CT molecular complexity index is 822. The molecule has 1 aromatic carbocycles. The van der Waals surface area contributed by atoms with Crippen molar-refractivity contribution >= 4 is 16.9 Å². The summed E-state index contributed by atoms with van der Waals surface area (Å²) >= 11 is 0. The number of fused-ring (bicyclic) bond motifs is 1. The van der Waals surface area contributed by atoms with E-state index in [0.29, 0.717) is 35.9 Å². The first-order valence-electron chi connectivity index (χ1n) is 8.69. The number of hydrogen-bond acceptors (Lipinski definition) is 5. The first-order chi connectivity index (χ1) is 12.1. The maximum Gasteiger partial charge on any atom is 0.339 e. The van der Waals surface area contributed by atoms with Gasteiger partial charge in [-0.1, -0.05) is 0 Å². The fourth-order valence-corrected chi connectivity index (χ4v) is 3.29. The molecule has 25 heavy (non-hydrogen) atoms. The second kappa shape index (κ2) is 7.70. The van der Waals surface area contributed by atoms with Gasteiger partial charge in [-0.15, -0.1) is 0 Å². The van der Waals surface area contributed by atoms with E-state index in [4.69, 9.17) is 9.15 Å². The fraction of sp³-hybridized carbons (Fsp3) is 0.474. The second-order valence-electron chi connectivity index (χ2n) is 6.45. The molecule has 0 bridgehead atoms. The van der Waals surface area contributed by atoms with Crippen molar-refractivity contribution in [3.8, 4) is 5.75 Å². The van der Waals surface area contributed by atoms with Crippen LogP contribution in [-0.4, -0.2) is 32.1 Å². The summed E-state index contributed by atoms with van der Waals surface area (Å²) in [7, 11) is 1.57. The molecule has 1 atom stereocenters. The zero-order chi connectivity index (χ0) is 17.8. The molecule has 1 saturated heterocycles. The lowest BCUT2D eigenvalue weighted by molar-refractivity contribution is -0.121. The average molecular weight is 344 g/mol. The van der Waals surface area contributed by atoms with Crippen LogP contribution in [0.4, 0.5) is 0 Å². The van der Waals surface area contributed by atoms with E-state index < -0.39 is 0 Å². The summed E-state index contributed by atoms with van der Waals surface area (Å²) < 4.78 is 10.6. The van der Waals surface area contributed by atoms with Crippen molar-refractivity contribution in [2.24, 2.45) is 0 Å². The number of hydrogen-bond donors (Lipinski definition) is 2. The minimum Gasteiger partial charge on any atom is -0.497 e. The van der Waals surface area contributed by atoms with Crippen LogP contribution in [0.1, 0.15) is 30.4 Å². The predicted molar refractivity (Wildman–Crippen MR) is 96.1 cm³/mol. The molecule has 0 spiro atoms. The third-order valence-corrected chi connectivity index (χ3v) is 4.80. The molecule has 1 aliphatic heterocycles. The SMILES string of the molecule is COc1ccc2c(C)c(CCC(=O)NCC3CCCN3)c(=O)oc2c1. The maximum atomic E-state index is 12.3. The Kier molecular flexibility index (Phi) is 5.38. The molecule has 1 aromatic heterocycles. The quantitative estimate of drug-likeness (QED) is 0.783. The van der Waals surface area contributed by atoms with Gasteiger partial charge in [0.15, 0.2) is 0 Å². The highest BCUT2D eigenvalue weighted by molar-refractivity contribution is 5.82. The van der Waals surface area contributed by atoms with Gasteiger partial charge in [0.1, 0.15) is 11.3 Å². The summed E-state index contributed by atoms with van der Waals surface area (Å²) in [6.07, 6.45) is 2.90. The number of amides is 1. The molecule has 0 radical (unpaired) electrons. The van der Waals surface area contributed by atoms with E-state index in [1.54, 1.807) is 13.2 Å². The van der Waals surface area contributed by atoms with E-state index in [2.05, 4.69) is 10.6 Å². The number of aryl methyl sites for hydroxylation is 1. The van der Waals surface area contributed by atoms with Crippen LogP contribution in [-0.2, 0) is 11.2 Å². The van der Waals surface area contributed by atoms with E-state index in [0.717, 1.165) is 30.3 Å². The topological polar surface area (TPSA) is 80.6 Å². The van der Waals surface area contributed by atoms with Crippen molar-refractivity contribution in [3.05, 3.63) is 39.7 Å². The van der Waals surface area contributed by atoms with Gasteiger partial charge >= 0.3 is 5.63 Å². The van der Waals surface area contributed by atoms with E-state index >= 15 is 0 Å². The van der Waals surface area contributed by atoms with Crippen molar-refractivity contribution in [2.45, 2.75) is 38.6 Å². The standard InChI is InChI=1S/C19H24N2O4/c1-12-15-6-5-14(24-2)10-17(15)25-19(23)16(12)7-8-18(22)21-11-13-4-3-9-20-13/h5-6,10,13,20H,3-4,7-9,11H2,1-2H3,(H,21,22). The molecule has 1 aliphatic rings. The third kappa shape index (κ3) is 4.02. The number of ether oxygens (including phenoxy) is 1. The summed E-state index contributed by atoms with van der Waals surface area (Å²) in [6.45, 7) is 3.55. The number of carbonyl (C=O) groups excluding carboxylic acids is 1. The lowest BCUT2D eigenvalue weighted by Gasteiger charge is -2.12. The van der Waals surface area contributed by atoms with Gasteiger partial charge in [0.2, 0.25) is 5.91 Å². The van der Waals surface area contributed by atoms with Gasteiger partial charge in [0.05, 0.1) is 7.11 Å². The molecular weight excluding hydrogens is 320 g/mol. The Morgan fingerprint density at radius 3 is 3.00 bits per heavy atom. The smallest absolute Gasteiger partial charge is 0.339 e. The number of methoxy groups -OCH3 is 1. The number of benzene rings is 1. The summed E-state index contributed by atoms with van der Waals surface area (Å²) in [4.78, 5) is 24.3. The molecule has 6 heteroatoms. The van der Waals surface area contributed by atoms with Crippen LogP contribution >= 0.6 is 0 Å². The van der Waals surface area contributed by atoms with Crippen LogP contribution < -0.4 is 21.0 Å². The first kappa shape index (κ1) is 17.5. The maximum absolute atomic E-state index is 12.3. The Morgan fingerprint density at radius 2 is 2.28 bits per heavy atom. The molecule has 1 amide bonds. The minimum absolute atomic E-state index is 0.0395. The molecule has 0 aliphatic carbocycles. The van der Waals surface area contributed by atoms with E-state index in [9.17, 15) is 9.59 Å². The van der Waals surface area contributed by atoms with Crippen LogP contribution in [0.15, 0.2) is 27.4 Å². The summed E-state index contributed by atoms with van der Waals surface area (Å²) in [5.41, 5.74) is 1.54. The highest BCUT2D eigenvalue weighted by Gasteiger charge is 2.16. The summed E-state index contributed by atoms with van der Waals surface area (Å²) in [6, 6.07) is 5.78. The third-order valence-electron chi connectivity index (χ3n) is 4.80. The summed E-state index contributed by atoms with van der Waals surface area (Å²) in [5, 5.41) is 7.15. The molecule has 0 saturated carbocycles. The Balaban J connectivity index is 1.68. The minimum atomic E-state index is -0.386. The number of rotatable bonds is 6. The highest BCUT2D eigenvalue weighted by atomic mass is 16.5. The second-order valence-corrected chi connectivity index (χ2v) is 6.45. The van der Waals surface area contributed by atoms with Gasteiger partial charge in [0, 0.05) is 36.0 Å². The highest BCUT2D eigenvalue weighted by Crippen LogP contribution is 2.24. The van der Waals surface area contributed by atoms with Crippen LogP contribution in [0.5, 0.6) is 5.75 Å². The predicted octanol–water partition coefficient (Wildman–Crippen LogP) is 1.91. The van der Waals surface area contributed by atoms with Crippen molar-refractivity contribution in [2.75, 3.05) is 20.2 Å². The molecule has 6 nitrogen and oxygen atoms in total. The van der Waals surface area contributed by atoms with Gasteiger partial charge in [-0.3, -0.25) is 4.79 Å². The zero-order valence-electron chi connectivity index (χ0n) is 14.7. The number of nitrogens with one attached hydrogen (secondary N) is 2. The zero-order valence-corrected chi connectivity index (χ0v) is 14.7. The van der Waals surface area contributed by atoms with Crippen molar-refractivity contribution in [1.29, 1.82) is 0 Å². The Morgan fingerprint density at radius 1 is 1.44 bits per heavy atom. The van der Waals surface area contributed by atoms with E-state index in [1.165, 1.54) is 0 Å². The van der Waals surface area contributed by atoms with Gasteiger partial charge in [0.25, 0.3) is 0 Å². The monoisotopic (exact) mass is 344 g/mol. The van der Waals surface area contributed by atoms with Crippen LogP contribution in [0.25, 0.3) is 11.0 Å². The first-order valence-corrected chi connectivity index (χ1v) is 8.69. The van der Waals surface area contributed by atoms with Gasteiger partial charge in [-0.05, 0) is 50.4 Å². The van der Waals surface area contributed by atoms with Crippen molar-refractivity contribution in [3.63, 3.8) is 0 Å². The Labute approximate surface area is 146 Å². The van der Waals surface area contributed by atoms with Gasteiger partial charge in [-0.2, -0.15) is 0 Å². The lowest BCUT2D eigenvalue weighted by Crippen LogP contribution is -2.37. The normalized spacial score (nSPS) is 17.0. The number of carbonyl (C=O) groups is 1. The average Bonchev–Trinajstić information content (AvgIpc) is 3.12. The van der Waals surface area contributed by atoms with E-state index in [1.807, 2.05) is 19.1 Å². The molecule has 2 heterocycles. The fourth-order valence-electron chi connectivity index (χ4n) is 3.29. The molecule has 1 unspecified atom stereocenters. The molecule has 134 valence electrons. The molecule has 2 aromatic rings. The lowest BCUT2D eigenvalue weighted by atomic mass is 10.0. The van der Waals surface area contributed by atoms with Crippen LogP contribution in [0.3, 0.4) is 0 Å². The van der Waals surface area contributed by atoms with Crippen LogP contribution in [0, 0.1) is 6.92 Å². The molecule has 1 fully saturated rings. The van der Waals surface area contributed by atoms with Gasteiger partial charge in [-0.25, -0.2) is 4.79 Å². The van der Waals surface area contributed by atoms with Gasteiger partial charge < -0.3 is 19.8 Å². The largest absolute Gasteiger partial charge is 0.497 e. The Hall–Kier alpha value is -2.34. The molecule has 2 N–H and O–H groups in total. The van der Waals surface area contributed by atoms with Crippen LogP contribution in [0.2, 0.25) is 0 Å². The molecule has 3 rings (SSSR count). The molecular formula is C19H24N2O4. The summed E-state index contributed by atoms with van der Waals surface area (Å²) in [5.74, 6) is 0.602. The van der Waals surface area contributed by atoms with E-state index in [-0.39, 0.29) is 18.0 Å². The van der Waals surface area contributed by atoms with Crippen molar-refractivity contribution in [1.82, 2.24) is 10.6 Å².